The van der Waals surface area contributed by atoms with Gasteiger partial charge in [-0.3, -0.25) is 0 Å². The van der Waals surface area contributed by atoms with Crippen molar-refractivity contribution in [1.29, 1.82) is 0 Å². The second kappa shape index (κ2) is 5.41. The summed E-state index contributed by atoms with van der Waals surface area (Å²) in [7, 11) is -3.16. The van der Waals surface area contributed by atoms with E-state index in [9.17, 15) is 8.42 Å². The molecule has 1 rings (SSSR count). The molecule has 0 aromatic heterocycles. The highest BCUT2D eigenvalue weighted by atomic mass is 32.2. The van der Waals surface area contributed by atoms with Crippen molar-refractivity contribution in [1.82, 2.24) is 0 Å². The fraction of sp³-hybridized carbons (Fsp3) is 0.571. The zero-order valence-electron chi connectivity index (χ0n) is 11.6. The molecule has 0 fully saturated rings. The van der Waals surface area contributed by atoms with Crippen molar-refractivity contribution in [3.8, 4) is 0 Å². The van der Waals surface area contributed by atoms with Crippen LogP contribution in [-0.4, -0.2) is 19.2 Å². The predicted octanol–water partition coefficient (Wildman–Crippen LogP) is 2.54. The second-order valence-corrected chi connectivity index (χ2v) is 8.23. The van der Waals surface area contributed by atoms with Gasteiger partial charge >= 0.3 is 0 Å². The molecule has 0 radical (unpaired) electrons. The molecule has 0 aliphatic rings. The first kappa shape index (κ1) is 15.2. The molecule has 0 spiro atoms. The Bertz CT molecular complexity index is 482. The molecule has 0 saturated heterocycles. The lowest BCUT2D eigenvalue weighted by Crippen LogP contribution is -2.32. The van der Waals surface area contributed by atoms with E-state index in [1.807, 2.05) is 26.0 Å². The van der Waals surface area contributed by atoms with E-state index >= 15 is 0 Å². The van der Waals surface area contributed by atoms with Gasteiger partial charge in [0.05, 0.1) is 10.1 Å². The largest absolute Gasteiger partial charge is 0.326 e. The molecule has 0 heterocycles. The van der Waals surface area contributed by atoms with Crippen LogP contribution in [0.15, 0.2) is 29.2 Å². The summed E-state index contributed by atoms with van der Waals surface area (Å²) in [4.78, 5) is 0.397. The lowest BCUT2D eigenvalue weighted by molar-refractivity contribution is 0.477. The zero-order chi connectivity index (χ0) is 14.0. The number of aryl methyl sites for hydroxylation is 1. The maximum atomic E-state index is 11.9. The van der Waals surface area contributed by atoms with Gasteiger partial charge in [-0.2, -0.15) is 0 Å². The average Bonchev–Trinajstić information content (AvgIpc) is 2.26. The van der Waals surface area contributed by atoms with Crippen LogP contribution < -0.4 is 5.73 Å². The van der Waals surface area contributed by atoms with Crippen molar-refractivity contribution in [2.24, 2.45) is 5.73 Å². The minimum Gasteiger partial charge on any atom is -0.326 e. The van der Waals surface area contributed by atoms with Crippen LogP contribution in [0.2, 0.25) is 0 Å². The first-order chi connectivity index (χ1) is 8.13. The summed E-state index contributed by atoms with van der Waals surface area (Å²) in [6.45, 7) is 7.37. The third kappa shape index (κ3) is 4.10. The summed E-state index contributed by atoms with van der Waals surface area (Å²) in [6, 6.07) is 7.13. The van der Waals surface area contributed by atoms with Gasteiger partial charge in [0.15, 0.2) is 9.84 Å². The summed E-state index contributed by atoms with van der Waals surface area (Å²) < 4.78 is 23.9. The van der Waals surface area contributed by atoms with Crippen LogP contribution in [0, 0.1) is 0 Å². The van der Waals surface area contributed by atoms with E-state index in [1.54, 1.807) is 26.0 Å². The van der Waals surface area contributed by atoms with E-state index in [4.69, 9.17) is 5.73 Å². The number of rotatable bonds is 5. The van der Waals surface area contributed by atoms with Gasteiger partial charge < -0.3 is 5.73 Å². The van der Waals surface area contributed by atoms with Crippen LogP contribution in [-0.2, 0) is 16.3 Å². The molecule has 1 aromatic carbocycles. The highest BCUT2D eigenvalue weighted by Crippen LogP contribution is 2.18. The quantitative estimate of drug-likeness (QED) is 0.893. The van der Waals surface area contributed by atoms with Gasteiger partial charge in [-0.15, -0.1) is 0 Å². The third-order valence-corrected chi connectivity index (χ3v) is 5.10. The summed E-state index contributed by atoms with van der Waals surface area (Å²) in [5, 5.41) is -0.383. The van der Waals surface area contributed by atoms with Gasteiger partial charge in [-0.1, -0.05) is 12.1 Å². The van der Waals surface area contributed by atoms with E-state index in [1.165, 1.54) is 0 Å². The van der Waals surface area contributed by atoms with Crippen LogP contribution in [0.4, 0.5) is 0 Å². The van der Waals surface area contributed by atoms with Crippen molar-refractivity contribution in [3.05, 3.63) is 29.8 Å². The lowest BCUT2D eigenvalue weighted by atomic mass is 9.97. The Kier molecular flexibility index (Phi) is 4.56. The average molecular weight is 269 g/mol. The summed E-state index contributed by atoms with van der Waals surface area (Å²) >= 11 is 0. The minimum atomic E-state index is -3.16. The van der Waals surface area contributed by atoms with Gasteiger partial charge in [-0.05, 0) is 58.2 Å². The topological polar surface area (TPSA) is 60.2 Å². The van der Waals surface area contributed by atoms with Gasteiger partial charge in [0.2, 0.25) is 0 Å². The Balaban J connectivity index is 2.81. The Hall–Kier alpha value is -0.870. The van der Waals surface area contributed by atoms with Crippen molar-refractivity contribution in [3.63, 3.8) is 0 Å². The molecule has 2 N–H and O–H groups in total. The molecule has 3 nitrogen and oxygen atoms in total. The van der Waals surface area contributed by atoms with Crippen molar-refractivity contribution in [2.45, 2.75) is 56.2 Å². The fourth-order valence-electron chi connectivity index (χ4n) is 1.58. The second-order valence-electron chi connectivity index (χ2n) is 5.73. The minimum absolute atomic E-state index is 0.192. The number of nitrogens with two attached hydrogens (primary N) is 1. The molecule has 1 aromatic rings. The molecule has 0 atom stereocenters. The van der Waals surface area contributed by atoms with Crippen LogP contribution in [0.1, 0.15) is 39.7 Å². The van der Waals surface area contributed by atoms with Crippen LogP contribution in [0.25, 0.3) is 0 Å². The monoisotopic (exact) mass is 269 g/mol. The first-order valence-electron chi connectivity index (χ1n) is 6.25. The van der Waals surface area contributed by atoms with Gasteiger partial charge in [0, 0.05) is 5.54 Å². The molecule has 0 aliphatic heterocycles. The molecule has 0 saturated carbocycles. The molecule has 0 amide bonds. The van der Waals surface area contributed by atoms with E-state index in [0.717, 1.165) is 18.4 Å². The number of hydrogen-bond donors (Lipinski definition) is 1. The molecule has 102 valence electrons. The zero-order valence-corrected chi connectivity index (χ0v) is 12.4. The van der Waals surface area contributed by atoms with E-state index in [0.29, 0.717) is 4.90 Å². The highest BCUT2D eigenvalue weighted by Gasteiger charge is 2.18. The molecule has 18 heavy (non-hydrogen) atoms. The van der Waals surface area contributed by atoms with E-state index < -0.39 is 9.84 Å². The Morgan fingerprint density at radius 2 is 1.67 bits per heavy atom. The summed E-state index contributed by atoms with van der Waals surface area (Å²) in [6.07, 6.45) is 1.74. The van der Waals surface area contributed by atoms with Gasteiger partial charge in [0.1, 0.15) is 0 Å². The standard InChI is InChI=1S/C14H23NO2S/c1-11(2)18(16,17)13-7-5-12(6-8-13)9-10-14(3,4)15/h5-8,11H,9-10,15H2,1-4H3. The summed E-state index contributed by atoms with van der Waals surface area (Å²) in [5.41, 5.74) is 6.86. The third-order valence-electron chi connectivity index (χ3n) is 2.93. The Morgan fingerprint density at radius 3 is 2.06 bits per heavy atom. The molecule has 0 bridgehead atoms. The normalized spacial score (nSPS) is 13.0. The SMILES string of the molecule is CC(C)S(=O)(=O)c1ccc(CCC(C)(C)N)cc1. The highest BCUT2D eigenvalue weighted by molar-refractivity contribution is 7.92. The smallest absolute Gasteiger partial charge is 0.180 e. The van der Waals surface area contributed by atoms with Crippen molar-refractivity contribution in [2.75, 3.05) is 0 Å². The maximum Gasteiger partial charge on any atom is 0.180 e. The fourth-order valence-corrected chi connectivity index (χ4v) is 2.64. The van der Waals surface area contributed by atoms with Crippen molar-refractivity contribution < 1.29 is 8.42 Å². The molecular weight excluding hydrogens is 246 g/mol. The van der Waals surface area contributed by atoms with Crippen molar-refractivity contribution >= 4 is 9.84 Å². The molecule has 0 aliphatic carbocycles. The van der Waals surface area contributed by atoms with Gasteiger partial charge in [0.25, 0.3) is 0 Å². The maximum absolute atomic E-state index is 11.9. The lowest BCUT2D eigenvalue weighted by Gasteiger charge is -2.18. The van der Waals surface area contributed by atoms with Crippen LogP contribution in [0.3, 0.4) is 0 Å². The molecular formula is C14H23NO2S. The van der Waals surface area contributed by atoms with E-state index in [-0.39, 0.29) is 10.8 Å². The number of sulfone groups is 1. The predicted molar refractivity (Wildman–Crippen MR) is 75.4 cm³/mol. The van der Waals surface area contributed by atoms with Crippen LogP contribution in [0.5, 0.6) is 0 Å². The Morgan fingerprint density at radius 1 is 1.17 bits per heavy atom. The number of hydrogen-bond acceptors (Lipinski definition) is 3. The first-order valence-corrected chi connectivity index (χ1v) is 7.79. The molecule has 0 unspecified atom stereocenters. The Labute approximate surface area is 110 Å². The number of benzene rings is 1. The van der Waals surface area contributed by atoms with Gasteiger partial charge in [-0.25, -0.2) is 8.42 Å². The van der Waals surface area contributed by atoms with Crippen LogP contribution >= 0.6 is 0 Å². The summed E-state index contributed by atoms with van der Waals surface area (Å²) in [5.74, 6) is 0. The molecule has 4 heteroatoms. The van der Waals surface area contributed by atoms with E-state index in [2.05, 4.69) is 0 Å².